The third-order valence-corrected chi connectivity index (χ3v) is 2.61. The molecule has 0 spiro atoms. The number of carbonyl (C=O) groups excluding carboxylic acids is 1. The van der Waals surface area contributed by atoms with Crippen LogP contribution in [0.4, 0.5) is 0 Å². The quantitative estimate of drug-likeness (QED) is 0.581. The predicted molar refractivity (Wildman–Crippen MR) is 70.8 cm³/mol. The van der Waals surface area contributed by atoms with E-state index < -0.39 is 0 Å². The zero-order valence-corrected chi connectivity index (χ0v) is 10.5. The molecule has 0 radical (unpaired) electrons. The van der Waals surface area contributed by atoms with E-state index in [2.05, 4.69) is 17.2 Å². The molecule has 0 fully saturated rings. The van der Waals surface area contributed by atoms with Crippen LogP contribution in [0.2, 0.25) is 0 Å². The molecule has 1 atom stereocenters. The van der Waals surface area contributed by atoms with Crippen LogP contribution in [0.3, 0.4) is 0 Å². The molecule has 1 amide bonds. The van der Waals surface area contributed by atoms with Crippen LogP contribution in [0.25, 0.3) is 0 Å². The summed E-state index contributed by atoms with van der Waals surface area (Å²) in [5.74, 6) is 0.00241. The first-order valence-electron chi connectivity index (χ1n) is 5.81. The average molecular weight is 232 g/mol. The van der Waals surface area contributed by atoms with Crippen molar-refractivity contribution in [1.29, 1.82) is 0 Å². The summed E-state index contributed by atoms with van der Waals surface area (Å²) >= 11 is 0. The second kappa shape index (κ2) is 6.86. The molecule has 0 aliphatic carbocycles. The zero-order valence-electron chi connectivity index (χ0n) is 10.5. The van der Waals surface area contributed by atoms with Crippen molar-refractivity contribution in [2.24, 2.45) is 0 Å². The van der Waals surface area contributed by atoms with E-state index in [9.17, 15) is 4.79 Å². The lowest BCUT2D eigenvalue weighted by Gasteiger charge is -2.16. The average Bonchev–Trinajstić information content (AvgIpc) is 2.29. The van der Waals surface area contributed by atoms with Crippen molar-refractivity contribution < 1.29 is 4.79 Å². The standard InChI is InChI=1S/C14H20N2O/c1-4-9-15-10-14(17)16-12(3)13-8-6-5-7-11(13)2/h4-8,12,15H,1,9-10H2,2-3H3,(H,16,17)/t12-/m1/s1. The largest absolute Gasteiger partial charge is 0.348 e. The van der Waals surface area contributed by atoms with Crippen molar-refractivity contribution in [3.05, 3.63) is 48.0 Å². The maximum Gasteiger partial charge on any atom is 0.234 e. The molecule has 0 heterocycles. The van der Waals surface area contributed by atoms with Crippen molar-refractivity contribution in [2.75, 3.05) is 13.1 Å². The van der Waals surface area contributed by atoms with E-state index in [0.717, 1.165) is 5.56 Å². The van der Waals surface area contributed by atoms with Crippen LogP contribution >= 0.6 is 0 Å². The topological polar surface area (TPSA) is 41.1 Å². The van der Waals surface area contributed by atoms with E-state index in [1.54, 1.807) is 6.08 Å². The van der Waals surface area contributed by atoms with Gasteiger partial charge in [-0.25, -0.2) is 0 Å². The van der Waals surface area contributed by atoms with Gasteiger partial charge in [0.15, 0.2) is 0 Å². The number of carbonyl (C=O) groups is 1. The Morgan fingerprint density at radius 2 is 2.18 bits per heavy atom. The Morgan fingerprint density at radius 3 is 2.82 bits per heavy atom. The van der Waals surface area contributed by atoms with Crippen LogP contribution in [0.15, 0.2) is 36.9 Å². The number of amides is 1. The van der Waals surface area contributed by atoms with Gasteiger partial charge in [0.25, 0.3) is 0 Å². The third-order valence-electron chi connectivity index (χ3n) is 2.61. The summed E-state index contributed by atoms with van der Waals surface area (Å²) in [6.45, 7) is 8.59. The van der Waals surface area contributed by atoms with Gasteiger partial charge < -0.3 is 10.6 Å². The molecule has 0 unspecified atom stereocenters. The Kier molecular flexibility index (Phi) is 5.43. The minimum Gasteiger partial charge on any atom is -0.348 e. The fraction of sp³-hybridized carbons (Fsp3) is 0.357. The number of hydrogen-bond acceptors (Lipinski definition) is 2. The molecule has 0 aliphatic rings. The van der Waals surface area contributed by atoms with Crippen LogP contribution < -0.4 is 10.6 Å². The maximum atomic E-state index is 11.6. The van der Waals surface area contributed by atoms with Crippen molar-refractivity contribution in [3.8, 4) is 0 Å². The van der Waals surface area contributed by atoms with Gasteiger partial charge in [0.1, 0.15) is 0 Å². The highest BCUT2D eigenvalue weighted by molar-refractivity contribution is 5.78. The van der Waals surface area contributed by atoms with Gasteiger partial charge in [0.05, 0.1) is 12.6 Å². The minimum atomic E-state index is 0.00241. The van der Waals surface area contributed by atoms with Gasteiger partial charge in [-0.1, -0.05) is 30.3 Å². The molecule has 1 rings (SSSR count). The van der Waals surface area contributed by atoms with Gasteiger partial charge in [-0.15, -0.1) is 6.58 Å². The molecular formula is C14H20N2O. The molecule has 3 nitrogen and oxygen atoms in total. The Bertz CT molecular complexity index is 388. The maximum absolute atomic E-state index is 11.6. The normalized spacial score (nSPS) is 11.9. The Balaban J connectivity index is 2.49. The summed E-state index contributed by atoms with van der Waals surface area (Å²) in [5, 5.41) is 5.94. The molecule has 0 aromatic heterocycles. The van der Waals surface area contributed by atoms with Crippen molar-refractivity contribution in [3.63, 3.8) is 0 Å². The van der Waals surface area contributed by atoms with Crippen LogP contribution in [0.1, 0.15) is 24.1 Å². The molecular weight excluding hydrogens is 212 g/mol. The summed E-state index contributed by atoms with van der Waals surface area (Å²) in [7, 11) is 0. The Hall–Kier alpha value is -1.61. The van der Waals surface area contributed by atoms with Gasteiger partial charge in [-0.3, -0.25) is 4.79 Å². The number of aryl methyl sites for hydroxylation is 1. The lowest BCUT2D eigenvalue weighted by atomic mass is 10.0. The fourth-order valence-electron chi connectivity index (χ4n) is 1.73. The SMILES string of the molecule is C=CCNCC(=O)N[C@H](C)c1ccccc1C. The van der Waals surface area contributed by atoms with Gasteiger partial charge in [0, 0.05) is 6.54 Å². The molecule has 92 valence electrons. The Morgan fingerprint density at radius 1 is 1.47 bits per heavy atom. The zero-order chi connectivity index (χ0) is 12.7. The summed E-state index contributed by atoms with van der Waals surface area (Å²) in [5.41, 5.74) is 2.35. The van der Waals surface area contributed by atoms with E-state index >= 15 is 0 Å². The first-order valence-corrected chi connectivity index (χ1v) is 5.81. The number of hydrogen-bond donors (Lipinski definition) is 2. The van der Waals surface area contributed by atoms with E-state index in [-0.39, 0.29) is 11.9 Å². The van der Waals surface area contributed by atoms with Crippen LogP contribution in [0, 0.1) is 6.92 Å². The molecule has 1 aromatic rings. The van der Waals surface area contributed by atoms with Gasteiger partial charge in [0.2, 0.25) is 5.91 Å². The summed E-state index contributed by atoms with van der Waals surface area (Å²) in [4.78, 5) is 11.6. The van der Waals surface area contributed by atoms with Crippen LogP contribution in [0.5, 0.6) is 0 Å². The van der Waals surface area contributed by atoms with E-state index in [0.29, 0.717) is 13.1 Å². The van der Waals surface area contributed by atoms with Crippen LogP contribution in [-0.2, 0) is 4.79 Å². The highest BCUT2D eigenvalue weighted by Crippen LogP contribution is 2.16. The number of nitrogens with one attached hydrogen (secondary N) is 2. The summed E-state index contributed by atoms with van der Waals surface area (Å²) in [6.07, 6.45) is 1.73. The smallest absolute Gasteiger partial charge is 0.234 e. The molecule has 3 heteroatoms. The van der Waals surface area contributed by atoms with Gasteiger partial charge in [-0.05, 0) is 25.0 Å². The lowest BCUT2D eigenvalue weighted by Crippen LogP contribution is -2.35. The first-order chi connectivity index (χ1) is 8.15. The van der Waals surface area contributed by atoms with E-state index in [1.807, 2.05) is 38.1 Å². The summed E-state index contributed by atoms with van der Waals surface area (Å²) < 4.78 is 0. The second-order valence-corrected chi connectivity index (χ2v) is 4.07. The molecule has 0 saturated carbocycles. The number of rotatable bonds is 6. The lowest BCUT2D eigenvalue weighted by molar-refractivity contribution is -0.120. The third kappa shape index (κ3) is 4.41. The molecule has 17 heavy (non-hydrogen) atoms. The molecule has 2 N–H and O–H groups in total. The monoisotopic (exact) mass is 232 g/mol. The van der Waals surface area contributed by atoms with E-state index in [4.69, 9.17) is 0 Å². The van der Waals surface area contributed by atoms with Crippen molar-refractivity contribution >= 4 is 5.91 Å². The summed E-state index contributed by atoms with van der Waals surface area (Å²) in [6, 6.07) is 8.11. The van der Waals surface area contributed by atoms with Gasteiger partial charge in [-0.2, -0.15) is 0 Å². The van der Waals surface area contributed by atoms with Crippen molar-refractivity contribution in [2.45, 2.75) is 19.9 Å². The Labute approximate surface area is 103 Å². The highest BCUT2D eigenvalue weighted by atomic mass is 16.1. The first kappa shape index (κ1) is 13.5. The molecule has 0 saturated heterocycles. The predicted octanol–water partition coefficient (Wildman–Crippen LogP) is 1.95. The number of benzene rings is 1. The van der Waals surface area contributed by atoms with Crippen LogP contribution in [-0.4, -0.2) is 19.0 Å². The molecule has 0 aliphatic heterocycles. The molecule has 1 aromatic carbocycles. The highest BCUT2D eigenvalue weighted by Gasteiger charge is 2.10. The second-order valence-electron chi connectivity index (χ2n) is 4.07. The van der Waals surface area contributed by atoms with E-state index in [1.165, 1.54) is 5.56 Å². The minimum absolute atomic E-state index is 0.00241. The fourth-order valence-corrected chi connectivity index (χ4v) is 1.73. The van der Waals surface area contributed by atoms with Gasteiger partial charge >= 0.3 is 0 Å². The van der Waals surface area contributed by atoms with Crippen molar-refractivity contribution in [1.82, 2.24) is 10.6 Å². The molecule has 0 bridgehead atoms.